The highest BCUT2D eigenvalue weighted by Crippen LogP contribution is 2.23. The Morgan fingerprint density at radius 3 is 2.17 bits per heavy atom. The first kappa shape index (κ1) is 20.5. The van der Waals surface area contributed by atoms with Gasteiger partial charge in [-0.25, -0.2) is 4.79 Å². The normalized spacial score (nSPS) is 16.9. The first-order valence-electron chi connectivity index (χ1n) is 11.0. The molecule has 2 aromatic carbocycles. The van der Waals surface area contributed by atoms with Crippen LogP contribution in [0.4, 0.5) is 4.79 Å². The number of benzene rings is 2. The minimum atomic E-state index is 0.0278. The minimum Gasteiger partial charge on any atom is -0.349 e. The molecule has 1 heterocycles. The maximum Gasteiger partial charge on any atom is 0.317 e. The molecule has 2 N–H and O–H groups in total. The summed E-state index contributed by atoms with van der Waals surface area (Å²) < 4.78 is 0. The number of piperidine rings is 1. The third kappa shape index (κ3) is 5.62. The van der Waals surface area contributed by atoms with Crippen LogP contribution in [0.25, 0.3) is 0 Å². The first-order valence-corrected chi connectivity index (χ1v) is 11.0. The number of nitrogens with one attached hydrogen (secondary N) is 2. The smallest absolute Gasteiger partial charge is 0.317 e. The Bertz CT molecular complexity index is 864. The standard InChI is InChI=1S/C25H31N3O2/c1-18-2-4-21(5-3-18)17-26-25(30)28-14-12-20(13-15-28)16-19-6-8-22(9-7-19)24(29)27-23-10-11-23/h2-9,20,23H,10-17H2,1H3,(H,26,30)(H,27,29). The molecule has 1 saturated carbocycles. The molecular weight excluding hydrogens is 374 g/mol. The Labute approximate surface area is 178 Å². The molecule has 5 heteroatoms. The van der Waals surface area contributed by atoms with E-state index in [4.69, 9.17) is 0 Å². The van der Waals surface area contributed by atoms with Crippen molar-refractivity contribution in [1.82, 2.24) is 15.5 Å². The monoisotopic (exact) mass is 405 g/mol. The summed E-state index contributed by atoms with van der Waals surface area (Å²) in [5.41, 5.74) is 4.35. The van der Waals surface area contributed by atoms with Crippen molar-refractivity contribution in [2.75, 3.05) is 13.1 Å². The van der Waals surface area contributed by atoms with Crippen LogP contribution in [-0.4, -0.2) is 36.0 Å². The van der Waals surface area contributed by atoms with Crippen LogP contribution >= 0.6 is 0 Å². The molecule has 5 nitrogen and oxygen atoms in total. The van der Waals surface area contributed by atoms with Gasteiger partial charge in [0.1, 0.15) is 0 Å². The molecule has 0 radical (unpaired) electrons. The van der Waals surface area contributed by atoms with E-state index in [0.29, 0.717) is 18.5 Å². The summed E-state index contributed by atoms with van der Waals surface area (Å²) in [5, 5.41) is 6.06. The van der Waals surface area contributed by atoms with Gasteiger partial charge in [-0.1, -0.05) is 42.0 Å². The van der Waals surface area contributed by atoms with Gasteiger partial charge in [-0.05, 0) is 68.2 Å². The molecule has 30 heavy (non-hydrogen) atoms. The van der Waals surface area contributed by atoms with Crippen molar-refractivity contribution in [1.29, 1.82) is 0 Å². The Kier molecular flexibility index (Phi) is 6.36. The van der Waals surface area contributed by atoms with Gasteiger partial charge in [-0.2, -0.15) is 0 Å². The average molecular weight is 406 g/mol. The van der Waals surface area contributed by atoms with Crippen molar-refractivity contribution in [3.05, 3.63) is 70.8 Å². The number of amides is 3. The summed E-state index contributed by atoms with van der Waals surface area (Å²) in [6.45, 7) is 4.23. The number of carbonyl (C=O) groups excluding carboxylic acids is 2. The second-order valence-electron chi connectivity index (χ2n) is 8.72. The second kappa shape index (κ2) is 9.33. The number of carbonyl (C=O) groups is 2. The molecule has 4 rings (SSSR count). The number of hydrogen-bond donors (Lipinski definition) is 2. The van der Waals surface area contributed by atoms with Crippen LogP contribution in [-0.2, 0) is 13.0 Å². The van der Waals surface area contributed by atoms with Crippen molar-refractivity contribution < 1.29 is 9.59 Å². The molecule has 0 bridgehead atoms. The van der Waals surface area contributed by atoms with Gasteiger partial charge in [0.15, 0.2) is 0 Å². The Morgan fingerprint density at radius 2 is 1.53 bits per heavy atom. The predicted octanol–water partition coefficient (Wildman–Crippen LogP) is 4.05. The largest absolute Gasteiger partial charge is 0.349 e. The fourth-order valence-electron chi connectivity index (χ4n) is 3.96. The third-order valence-corrected chi connectivity index (χ3v) is 6.12. The predicted molar refractivity (Wildman–Crippen MR) is 118 cm³/mol. The van der Waals surface area contributed by atoms with Crippen LogP contribution in [0.3, 0.4) is 0 Å². The average Bonchev–Trinajstić information content (AvgIpc) is 3.58. The van der Waals surface area contributed by atoms with Crippen molar-refractivity contribution >= 4 is 11.9 Å². The number of rotatable bonds is 6. The van der Waals surface area contributed by atoms with Gasteiger partial charge >= 0.3 is 6.03 Å². The topological polar surface area (TPSA) is 61.4 Å². The van der Waals surface area contributed by atoms with Crippen LogP contribution < -0.4 is 10.6 Å². The lowest BCUT2D eigenvalue weighted by atomic mass is 9.90. The van der Waals surface area contributed by atoms with E-state index in [1.165, 1.54) is 11.1 Å². The number of likely N-dealkylation sites (tertiary alicyclic amines) is 1. The summed E-state index contributed by atoms with van der Waals surface area (Å²) in [5.74, 6) is 0.617. The third-order valence-electron chi connectivity index (χ3n) is 6.12. The van der Waals surface area contributed by atoms with Crippen molar-refractivity contribution in [3.8, 4) is 0 Å². The summed E-state index contributed by atoms with van der Waals surface area (Å²) in [6, 6.07) is 16.7. The van der Waals surface area contributed by atoms with E-state index in [0.717, 1.165) is 56.3 Å². The SMILES string of the molecule is Cc1ccc(CNC(=O)N2CCC(Cc3ccc(C(=O)NC4CC4)cc3)CC2)cc1. The van der Waals surface area contributed by atoms with Gasteiger partial charge in [-0.3, -0.25) is 4.79 Å². The Balaban J connectivity index is 1.19. The molecule has 1 aliphatic heterocycles. The van der Waals surface area contributed by atoms with Gasteiger partial charge < -0.3 is 15.5 Å². The molecule has 158 valence electrons. The lowest BCUT2D eigenvalue weighted by Gasteiger charge is -2.32. The van der Waals surface area contributed by atoms with Crippen LogP contribution in [0.2, 0.25) is 0 Å². The summed E-state index contributed by atoms with van der Waals surface area (Å²) in [7, 11) is 0. The van der Waals surface area contributed by atoms with Crippen LogP contribution in [0, 0.1) is 12.8 Å². The van der Waals surface area contributed by atoms with E-state index in [9.17, 15) is 9.59 Å². The van der Waals surface area contributed by atoms with Crippen molar-refractivity contribution in [3.63, 3.8) is 0 Å². The highest BCUT2D eigenvalue weighted by molar-refractivity contribution is 5.94. The zero-order valence-corrected chi connectivity index (χ0v) is 17.7. The number of hydrogen-bond acceptors (Lipinski definition) is 2. The lowest BCUT2D eigenvalue weighted by molar-refractivity contribution is 0.0951. The van der Waals surface area contributed by atoms with E-state index in [1.807, 2.05) is 17.0 Å². The maximum absolute atomic E-state index is 12.5. The fraction of sp³-hybridized carbons (Fsp3) is 0.440. The second-order valence-corrected chi connectivity index (χ2v) is 8.72. The number of nitrogens with zero attached hydrogens (tertiary/aromatic N) is 1. The molecule has 0 spiro atoms. The molecule has 2 aromatic rings. The van der Waals surface area contributed by atoms with E-state index in [1.54, 1.807) is 0 Å². The molecule has 3 amide bonds. The minimum absolute atomic E-state index is 0.0278. The summed E-state index contributed by atoms with van der Waals surface area (Å²) >= 11 is 0. The molecular formula is C25H31N3O2. The number of urea groups is 1. The number of aryl methyl sites for hydroxylation is 1. The van der Waals surface area contributed by atoms with E-state index < -0.39 is 0 Å². The van der Waals surface area contributed by atoms with Crippen LogP contribution in [0.15, 0.2) is 48.5 Å². The fourth-order valence-corrected chi connectivity index (χ4v) is 3.96. The van der Waals surface area contributed by atoms with Crippen LogP contribution in [0.1, 0.15) is 52.7 Å². The van der Waals surface area contributed by atoms with Gasteiger partial charge in [-0.15, -0.1) is 0 Å². The van der Waals surface area contributed by atoms with Crippen molar-refractivity contribution in [2.45, 2.75) is 51.6 Å². The highest BCUT2D eigenvalue weighted by Gasteiger charge is 2.24. The van der Waals surface area contributed by atoms with Crippen LogP contribution in [0.5, 0.6) is 0 Å². The molecule has 0 atom stereocenters. The lowest BCUT2D eigenvalue weighted by Crippen LogP contribution is -2.44. The highest BCUT2D eigenvalue weighted by atomic mass is 16.2. The van der Waals surface area contributed by atoms with Gasteiger partial charge in [0, 0.05) is 31.2 Å². The Hall–Kier alpha value is -2.82. The zero-order valence-electron chi connectivity index (χ0n) is 17.7. The molecule has 0 aromatic heterocycles. The molecule has 0 unspecified atom stereocenters. The quantitative estimate of drug-likeness (QED) is 0.762. The summed E-state index contributed by atoms with van der Waals surface area (Å²) in [4.78, 5) is 26.5. The Morgan fingerprint density at radius 1 is 0.900 bits per heavy atom. The molecule has 1 aliphatic carbocycles. The maximum atomic E-state index is 12.5. The molecule has 1 saturated heterocycles. The van der Waals surface area contributed by atoms with Gasteiger partial charge in [0.05, 0.1) is 0 Å². The zero-order chi connectivity index (χ0) is 20.9. The molecule has 2 fully saturated rings. The van der Waals surface area contributed by atoms with Gasteiger partial charge in [0.25, 0.3) is 5.91 Å². The first-order chi connectivity index (χ1) is 14.6. The van der Waals surface area contributed by atoms with E-state index >= 15 is 0 Å². The molecule has 2 aliphatic rings. The van der Waals surface area contributed by atoms with E-state index in [-0.39, 0.29) is 11.9 Å². The van der Waals surface area contributed by atoms with E-state index in [2.05, 4.69) is 54.0 Å². The summed E-state index contributed by atoms with van der Waals surface area (Å²) in [6.07, 6.45) is 5.24. The van der Waals surface area contributed by atoms with Crippen molar-refractivity contribution in [2.24, 2.45) is 5.92 Å². The van der Waals surface area contributed by atoms with Gasteiger partial charge in [0.2, 0.25) is 0 Å².